The van der Waals surface area contributed by atoms with Gasteiger partial charge in [-0.1, -0.05) is 30.3 Å². The van der Waals surface area contributed by atoms with Crippen LogP contribution in [0.4, 0.5) is 0 Å². The zero-order valence-electron chi connectivity index (χ0n) is 14.8. The van der Waals surface area contributed by atoms with Gasteiger partial charge in [0.1, 0.15) is 18.1 Å². The molecule has 1 aromatic rings. The summed E-state index contributed by atoms with van der Waals surface area (Å²) in [5.74, 6) is -2.99. The van der Waals surface area contributed by atoms with Crippen molar-refractivity contribution in [3.8, 4) is 0 Å². The number of carbonyl (C=O) groups excluding carboxylic acids is 2. The van der Waals surface area contributed by atoms with Crippen molar-refractivity contribution >= 4 is 29.5 Å². The second-order valence-corrected chi connectivity index (χ2v) is 9.02. The Morgan fingerprint density at radius 2 is 1.92 bits per heavy atom. The van der Waals surface area contributed by atoms with E-state index in [0.29, 0.717) is 6.54 Å². The predicted octanol–water partition coefficient (Wildman–Crippen LogP) is 0.769. The Hall–Kier alpha value is -2.06. The van der Waals surface area contributed by atoms with Crippen LogP contribution in [0.15, 0.2) is 30.3 Å². The molecule has 7 nitrogen and oxygen atoms in total. The lowest BCUT2D eigenvalue weighted by molar-refractivity contribution is -0.173. The van der Waals surface area contributed by atoms with Crippen LogP contribution in [0.3, 0.4) is 0 Å². The molecular weight excluding hydrogens is 356 g/mol. The zero-order chi connectivity index (χ0) is 19.2. The summed E-state index contributed by atoms with van der Waals surface area (Å²) in [4.78, 5) is 39.3. The maximum absolute atomic E-state index is 12.6. The van der Waals surface area contributed by atoms with E-state index in [2.05, 4.69) is 0 Å². The number of fused-ring (bicyclic) bond motifs is 1. The Kier molecular flexibility index (Phi) is 4.74. The van der Waals surface area contributed by atoms with Crippen LogP contribution in [-0.4, -0.2) is 67.1 Å². The second kappa shape index (κ2) is 6.59. The molecule has 2 N–H and O–H groups in total. The van der Waals surface area contributed by atoms with E-state index in [9.17, 15) is 24.6 Å². The summed E-state index contributed by atoms with van der Waals surface area (Å²) in [6, 6.07) is 8.39. The van der Waals surface area contributed by atoms with Crippen molar-refractivity contribution in [1.29, 1.82) is 0 Å². The van der Waals surface area contributed by atoms with E-state index < -0.39 is 46.0 Å². The fourth-order valence-corrected chi connectivity index (χ4v) is 5.36. The van der Waals surface area contributed by atoms with Crippen molar-refractivity contribution in [3.05, 3.63) is 35.9 Å². The fraction of sp³-hybridized carbons (Fsp3) is 0.500. The van der Waals surface area contributed by atoms with Crippen molar-refractivity contribution in [1.82, 2.24) is 9.80 Å². The SMILES string of the molecule is CN(Cc1ccccc1)C(=O)[C@@H](O)[C@@H]1C(=O)N2[C@@H]1SC(C)(C)[C@@H]2C(=O)O. The van der Waals surface area contributed by atoms with Crippen LogP contribution in [0.5, 0.6) is 0 Å². The van der Waals surface area contributed by atoms with Crippen LogP contribution in [0.1, 0.15) is 19.4 Å². The third kappa shape index (κ3) is 2.97. The minimum atomic E-state index is -1.48. The highest BCUT2D eigenvalue weighted by atomic mass is 32.2. The summed E-state index contributed by atoms with van der Waals surface area (Å²) in [7, 11) is 1.57. The smallest absolute Gasteiger partial charge is 0.327 e. The molecule has 4 atom stereocenters. The number of aliphatic hydroxyl groups excluding tert-OH is 1. The summed E-state index contributed by atoms with van der Waals surface area (Å²) in [6.07, 6.45) is -1.48. The number of benzene rings is 1. The average Bonchev–Trinajstić information content (AvgIpc) is 2.82. The number of carboxylic acid groups (broad SMARTS) is 1. The van der Waals surface area contributed by atoms with Crippen molar-refractivity contribution < 1.29 is 24.6 Å². The molecule has 0 radical (unpaired) electrons. The average molecular weight is 378 g/mol. The molecule has 1 aromatic carbocycles. The van der Waals surface area contributed by atoms with Gasteiger partial charge >= 0.3 is 5.97 Å². The van der Waals surface area contributed by atoms with E-state index in [1.807, 2.05) is 30.3 Å². The standard InChI is InChI=1S/C18H22N2O5S/c1-18(2)13(17(24)25)20-14(22)11(16(20)26-18)12(21)15(23)19(3)9-10-7-5-4-6-8-10/h4-8,11-13,16,21H,9H2,1-3H3,(H,24,25)/t11-,12+,13+,16-/m1/s1. The molecule has 0 unspecified atom stereocenters. The molecule has 0 saturated carbocycles. The number of aliphatic hydroxyl groups is 1. The van der Waals surface area contributed by atoms with Gasteiger partial charge in [0.15, 0.2) is 0 Å². The molecule has 0 aromatic heterocycles. The molecule has 2 aliphatic rings. The molecule has 3 rings (SSSR count). The maximum Gasteiger partial charge on any atom is 0.327 e. The van der Waals surface area contributed by atoms with Gasteiger partial charge in [-0.2, -0.15) is 0 Å². The molecule has 2 fully saturated rings. The van der Waals surface area contributed by atoms with Gasteiger partial charge in [0, 0.05) is 18.3 Å². The quantitative estimate of drug-likeness (QED) is 0.735. The van der Waals surface area contributed by atoms with Gasteiger partial charge in [-0.05, 0) is 19.4 Å². The van der Waals surface area contributed by atoms with Crippen molar-refractivity contribution in [2.45, 2.75) is 42.7 Å². The lowest BCUT2D eigenvalue weighted by Gasteiger charge is -2.45. The van der Waals surface area contributed by atoms with E-state index in [4.69, 9.17) is 0 Å². The Morgan fingerprint density at radius 1 is 1.31 bits per heavy atom. The van der Waals surface area contributed by atoms with Crippen molar-refractivity contribution in [2.24, 2.45) is 5.92 Å². The minimum Gasteiger partial charge on any atom is -0.480 e. The summed E-state index contributed by atoms with van der Waals surface area (Å²) >= 11 is 1.32. The Bertz CT molecular complexity index is 738. The maximum atomic E-state index is 12.6. The number of rotatable bonds is 5. The number of hydrogen-bond donors (Lipinski definition) is 2. The van der Waals surface area contributed by atoms with Crippen LogP contribution in [0.2, 0.25) is 0 Å². The van der Waals surface area contributed by atoms with Crippen LogP contribution < -0.4 is 0 Å². The monoisotopic (exact) mass is 378 g/mol. The van der Waals surface area contributed by atoms with Gasteiger partial charge in [-0.3, -0.25) is 9.59 Å². The van der Waals surface area contributed by atoms with Crippen LogP contribution in [-0.2, 0) is 20.9 Å². The van der Waals surface area contributed by atoms with Crippen LogP contribution in [0, 0.1) is 5.92 Å². The highest BCUT2D eigenvalue weighted by molar-refractivity contribution is 8.01. The first-order chi connectivity index (χ1) is 12.1. The van der Waals surface area contributed by atoms with E-state index in [1.165, 1.54) is 21.6 Å². The first-order valence-electron chi connectivity index (χ1n) is 8.35. The summed E-state index contributed by atoms with van der Waals surface area (Å²) in [5.41, 5.74) is 0.916. The van der Waals surface area contributed by atoms with Gasteiger partial charge in [0.25, 0.3) is 5.91 Å². The molecule has 8 heteroatoms. The lowest BCUT2D eigenvalue weighted by Crippen LogP contribution is -2.67. The first kappa shape index (κ1) is 18.7. The molecule has 2 aliphatic heterocycles. The number of likely N-dealkylation sites (N-methyl/N-ethyl adjacent to an activating group) is 1. The minimum absolute atomic E-state index is 0.322. The van der Waals surface area contributed by atoms with Gasteiger partial charge in [-0.15, -0.1) is 11.8 Å². The number of hydrogen-bond acceptors (Lipinski definition) is 5. The largest absolute Gasteiger partial charge is 0.480 e. The number of thioether (sulfide) groups is 1. The zero-order valence-corrected chi connectivity index (χ0v) is 15.6. The fourth-order valence-electron chi connectivity index (χ4n) is 3.65. The van der Waals surface area contributed by atoms with E-state index in [-0.39, 0.29) is 0 Å². The molecule has 0 spiro atoms. The molecule has 2 amide bonds. The predicted molar refractivity (Wildman–Crippen MR) is 96.1 cm³/mol. The highest BCUT2D eigenvalue weighted by Gasteiger charge is 2.66. The van der Waals surface area contributed by atoms with E-state index >= 15 is 0 Å². The van der Waals surface area contributed by atoms with E-state index in [0.717, 1.165) is 5.56 Å². The Balaban J connectivity index is 1.71. The Morgan fingerprint density at radius 3 is 2.50 bits per heavy atom. The molecule has 2 heterocycles. The normalized spacial score (nSPS) is 27.5. The third-order valence-electron chi connectivity index (χ3n) is 4.95. The third-order valence-corrected chi connectivity index (χ3v) is 6.54. The first-order valence-corrected chi connectivity index (χ1v) is 9.23. The lowest BCUT2D eigenvalue weighted by atomic mass is 9.87. The Labute approximate surface area is 156 Å². The molecule has 140 valence electrons. The number of carboxylic acids is 1. The molecule has 0 bridgehead atoms. The number of β-lactam (4-membered cyclic amide) rings is 1. The number of amides is 2. The second-order valence-electron chi connectivity index (χ2n) is 7.25. The molecule has 0 aliphatic carbocycles. The van der Waals surface area contributed by atoms with Gasteiger partial charge in [0.2, 0.25) is 5.91 Å². The number of nitrogens with zero attached hydrogens (tertiary/aromatic N) is 2. The molecule has 2 saturated heterocycles. The highest BCUT2D eigenvalue weighted by Crippen LogP contribution is 2.54. The van der Waals surface area contributed by atoms with Crippen molar-refractivity contribution in [3.63, 3.8) is 0 Å². The summed E-state index contributed by atoms with van der Waals surface area (Å²) < 4.78 is -0.681. The van der Waals surface area contributed by atoms with Crippen LogP contribution >= 0.6 is 11.8 Å². The van der Waals surface area contributed by atoms with Crippen molar-refractivity contribution in [2.75, 3.05) is 7.05 Å². The van der Waals surface area contributed by atoms with Gasteiger partial charge in [-0.25, -0.2) is 4.79 Å². The molecule has 26 heavy (non-hydrogen) atoms. The van der Waals surface area contributed by atoms with Gasteiger partial charge < -0.3 is 20.0 Å². The van der Waals surface area contributed by atoms with Crippen LogP contribution in [0.25, 0.3) is 0 Å². The van der Waals surface area contributed by atoms with Gasteiger partial charge in [0.05, 0.1) is 5.37 Å². The topological polar surface area (TPSA) is 98.2 Å². The summed E-state index contributed by atoms with van der Waals surface area (Å²) in [6.45, 7) is 3.84. The number of aliphatic carboxylic acids is 1. The molecular formula is C18H22N2O5S. The van der Waals surface area contributed by atoms with E-state index in [1.54, 1.807) is 20.9 Å². The summed E-state index contributed by atoms with van der Waals surface area (Å²) in [5, 5.41) is 19.4. The number of carbonyl (C=O) groups is 3.